The number of hydrogen-bond donors (Lipinski definition) is 4. The Labute approximate surface area is 256 Å². The van der Waals surface area contributed by atoms with Crippen LogP contribution in [0.4, 0.5) is 34.5 Å². The van der Waals surface area contributed by atoms with Crippen molar-refractivity contribution in [2.75, 3.05) is 73.0 Å². The lowest BCUT2D eigenvalue weighted by molar-refractivity contribution is 0.410. The number of aryl methyl sites for hydroxylation is 1. The topological polar surface area (TPSA) is 124 Å². The van der Waals surface area contributed by atoms with Gasteiger partial charge in [0.05, 0.1) is 34.9 Å². The summed E-state index contributed by atoms with van der Waals surface area (Å²) in [6.07, 6.45) is 5.75. The number of methoxy groups -OCH3 is 1. The van der Waals surface area contributed by atoms with Crippen LogP contribution >= 0.6 is 15.9 Å². The maximum atomic E-state index is 12.4. The number of piperidine rings is 1. The molecule has 0 aliphatic carbocycles. The van der Waals surface area contributed by atoms with E-state index in [4.69, 9.17) is 9.72 Å². The number of nitrogens with one attached hydrogen (secondary N) is 4. The summed E-state index contributed by atoms with van der Waals surface area (Å²) < 4.78 is 32.7. The van der Waals surface area contributed by atoms with Gasteiger partial charge in [0.1, 0.15) is 11.6 Å². The molecule has 2 aliphatic rings. The highest BCUT2D eigenvalue weighted by Gasteiger charge is 2.29. The number of benzene rings is 2. The Kier molecular flexibility index (Phi) is 9.41. The number of sulfonamides is 1. The zero-order valence-electron chi connectivity index (χ0n) is 24.5. The van der Waals surface area contributed by atoms with Gasteiger partial charge >= 0.3 is 0 Å². The Morgan fingerprint density at radius 3 is 2.60 bits per heavy atom. The number of ether oxygens (including phenoxy) is 1. The second-order valence-corrected chi connectivity index (χ2v) is 13.5. The van der Waals surface area contributed by atoms with Gasteiger partial charge in [-0.3, -0.25) is 4.31 Å². The monoisotopic (exact) mass is 658 g/mol. The summed E-state index contributed by atoms with van der Waals surface area (Å²) in [5, 5.41) is 13.5. The fourth-order valence-corrected chi connectivity index (χ4v) is 6.89. The van der Waals surface area contributed by atoms with Gasteiger partial charge in [-0.1, -0.05) is 12.1 Å². The summed E-state index contributed by atoms with van der Waals surface area (Å²) >= 11 is 3.54. The van der Waals surface area contributed by atoms with Crippen LogP contribution in [0.2, 0.25) is 0 Å². The van der Waals surface area contributed by atoms with Crippen LogP contribution in [-0.2, 0) is 16.4 Å². The molecule has 0 unspecified atom stereocenters. The van der Waals surface area contributed by atoms with E-state index in [2.05, 4.69) is 66.1 Å². The number of anilines is 6. The first kappa shape index (κ1) is 30.3. The lowest BCUT2D eigenvalue weighted by Gasteiger charge is -2.35. The molecule has 13 heteroatoms. The molecule has 1 aromatic heterocycles. The van der Waals surface area contributed by atoms with Crippen LogP contribution in [0, 0.1) is 6.92 Å². The van der Waals surface area contributed by atoms with Gasteiger partial charge in [0, 0.05) is 56.7 Å². The zero-order chi connectivity index (χ0) is 29.9. The summed E-state index contributed by atoms with van der Waals surface area (Å²) in [6, 6.07) is 10.4. The van der Waals surface area contributed by atoms with E-state index in [1.54, 1.807) is 13.3 Å². The zero-order valence-corrected chi connectivity index (χ0v) is 26.9. The van der Waals surface area contributed by atoms with Crippen LogP contribution in [0.25, 0.3) is 0 Å². The smallest absolute Gasteiger partial charge is 0.232 e. The van der Waals surface area contributed by atoms with E-state index in [1.165, 1.54) is 16.2 Å². The number of aromatic nitrogens is 2. The van der Waals surface area contributed by atoms with Gasteiger partial charge in [0.15, 0.2) is 0 Å². The van der Waals surface area contributed by atoms with Crippen LogP contribution in [0.1, 0.15) is 24.0 Å². The van der Waals surface area contributed by atoms with Crippen LogP contribution in [-0.4, -0.2) is 77.6 Å². The van der Waals surface area contributed by atoms with Crippen molar-refractivity contribution in [3.63, 3.8) is 0 Å². The van der Waals surface area contributed by atoms with E-state index in [9.17, 15) is 8.42 Å². The second-order valence-electron chi connectivity index (χ2n) is 10.7. The van der Waals surface area contributed by atoms with Crippen molar-refractivity contribution in [3.05, 3.63) is 52.1 Å². The van der Waals surface area contributed by atoms with Gasteiger partial charge in [-0.2, -0.15) is 4.98 Å². The number of fused-ring (bicyclic) bond motifs is 1. The van der Waals surface area contributed by atoms with E-state index >= 15 is 0 Å². The van der Waals surface area contributed by atoms with Crippen LogP contribution < -0.4 is 35.2 Å². The van der Waals surface area contributed by atoms with E-state index in [0.29, 0.717) is 52.4 Å². The molecule has 0 atom stereocenters. The highest BCUT2D eigenvalue weighted by atomic mass is 79.9. The quantitative estimate of drug-likeness (QED) is 0.224. The van der Waals surface area contributed by atoms with Gasteiger partial charge in [-0.05, 0) is 72.4 Å². The molecule has 1 saturated heterocycles. The molecule has 2 aromatic carbocycles. The molecule has 0 spiro atoms. The van der Waals surface area contributed by atoms with Crippen molar-refractivity contribution < 1.29 is 13.2 Å². The van der Waals surface area contributed by atoms with Gasteiger partial charge < -0.3 is 30.9 Å². The molecule has 0 radical (unpaired) electrons. The standard InChI is InChI=1S/C29H39BrN8O3S/c1-19-16-24(26(41-3)17-25(19)37-13-9-21(10-14-37)32-12-11-31-2)35-29-33-18-22(30)28(36-29)34-23-7-5-6-20-8-15-38(27(20)23)42(4,39)40/h5-7,16-18,21,31-32H,8-15H2,1-4H3,(H2,33,34,35,36). The molecule has 5 rings (SSSR count). The molecule has 3 heterocycles. The minimum atomic E-state index is -3.41. The fraction of sp³-hybridized carbons (Fsp3) is 0.448. The van der Waals surface area contributed by atoms with Crippen LogP contribution in [0.15, 0.2) is 41.0 Å². The first-order chi connectivity index (χ1) is 20.2. The summed E-state index contributed by atoms with van der Waals surface area (Å²) in [6.45, 7) is 6.45. The number of hydrogen-bond acceptors (Lipinski definition) is 10. The lowest BCUT2D eigenvalue weighted by atomic mass is 10.0. The average Bonchev–Trinajstić information content (AvgIpc) is 3.42. The van der Waals surface area contributed by atoms with Crippen LogP contribution in [0.3, 0.4) is 0 Å². The predicted molar refractivity (Wildman–Crippen MR) is 174 cm³/mol. The number of likely N-dealkylation sites (N-methyl/N-ethyl adjacent to an activating group) is 1. The van der Waals surface area contributed by atoms with E-state index in [0.717, 1.165) is 55.8 Å². The number of halogens is 1. The lowest BCUT2D eigenvalue weighted by Crippen LogP contribution is -2.44. The third kappa shape index (κ3) is 6.74. The van der Waals surface area contributed by atoms with Crippen molar-refractivity contribution in [3.8, 4) is 5.75 Å². The van der Waals surface area contributed by atoms with E-state index < -0.39 is 10.0 Å². The molecule has 1 fully saturated rings. The second kappa shape index (κ2) is 13.0. The SMILES string of the molecule is CNCCNC1CCN(c2cc(OC)c(Nc3ncc(Br)c(Nc4cccc5c4N(S(C)(=O)=O)CC5)n3)cc2C)CC1. The molecule has 42 heavy (non-hydrogen) atoms. The number of para-hydroxylation sites is 1. The minimum absolute atomic E-state index is 0.382. The molecule has 4 N–H and O–H groups in total. The van der Waals surface area contributed by atoms with Crippen molar-refractivity contribution in [1.29, 1.82) is 0 Å². The van der Waals surface area contributed by atoms with Crippen molar-refractivity contribution >= 4 is 60.5 Å². The van der Waals surface area contributed by atoms with E-state index in [1.807, 2.05) is 25.2 Å². The number of rotatable bonds is 11. The van der Waals surface area contributed by atoms with Crippen LogP contribution in [0.5, 0.6) is 5.75 Å². The third-order valence-electron chi connectivity index (χ3n) is 7.76. The van der Waals surface area contributed by atoms with Crippen molar-refractivity contribution in [1.82, 2.24) is 20.6 Å². The Bertz CT molecular complexity index is 1530. The number of nitrogens with zero attached hydrogens (tertiary/aromatic N) is 4. The minimum Gasteiger partial charge on any atom is -0.494 e. The molecule has 0 amide bonds. The molecular weight excluding hydrogens is 620 g/mol. The summed E-state index contributed by atoms with van der Waals surface area (Å²) in [5.74, 6) is 1.60. The molecular formula is C29H39BrN8O3S. The first-order valence-corrected chi connectivity index (χ1v) is 16.8. The first-order valence-electron chi connectivity index (χ1n) is 14.2. The summed E-state index contributed by atoms with van der Waals surface area (Å²) in [5.41, 5.74) is 5.36. The Morgan fingerprint density at radius 1 is 1.10 bits per heavy atom. The van der Waals surface area contributed by atoms with Gasteiger partial charge in [-0.15, -0.1) is 0 Å². The van der Waals surface area contributed by atoms with Gasteiger partial charge in [0.2, 0.25) is 16.0 Å². The summed E-state index contributed by atoms with van der Waals surface area (Å²) in [7, 11) is 0.231. The Morgan fingerprint density at radius 2 is 1.88 bits per heavy atom. The van der Waals surface area contributed by atoms with Gasteiger partial charge in [-0.25, -0.2) is 13.4 Å². The fourth-order valence-electron chi connectivity index (χ4n) is 5.63. The van der Waals surface area contributed by atoms with Gasteiger partial charge in [0.25, 0.3) is 0 Å². The van der Waals surface area contributed by atoms with E-state index in [-0.39, 0.29) is 0 Å². The molecule has 0 saturated carbocycles. The third-order valence-corrected chi connectivity index (χ3v) is 9.51. The maximum Gasteiger partial charge on any atom is 0.232 e. The molecule has 0 bridgehead atoms. The highest BCUT2D eigenvalue weighted by molar-refractivity contribution is 9.10. The molecule has 226 valence electrons. The Balaban J connectivity index is 1.33. The summed E-state index contributed by atoms with van der Waals surface area (Å²) in [4.78, 5) is 11.6. The normalized spacial score (nSPS) is 15.5. The molecule has 2 aliphatic heterocycles. The van der Waals surface area contributed by atoms with Crippen molar-refractivity contribution in [2.24, 2.45) is 0 Å². The molecule has 11 nitrogen and oxygen atoms in total. The highest BCUT2D eigenvalue weighted by Crippen LogP contribution is 2.40. The van der Waals surface area contributed by atoms with Crippen molar-refractivity contribution in [2.45, 2.75) is 32.2 Å². The maximum absolute atomic E-state index is 12.4. The average molecular weight is 660 g/mol. The Hall–Kier alpha value is -3.13. The molecule has 3 aromatic rings. The predicted octanol–water partition coefficient (Wildman–Crippen LogP) is 4.14. The largest absolute Gasteiger partial charge is 0.494 e.